The molecule has 4 fully saturated rings. The molecule has 0 N–H and O–H groups in total. The van der Waals surface area contributed by atoms with Gasteiger partial charge in [-0.15, -0.1) is 0 Å². The van der Waals surface area contributed by atoms with Crippen molar-refractivity contribution in [2.75, 3.05) is 52.9 Å². The lowest BCUT2D eigenvalue weighted by atomic mass is 9.50. The molecule has 2 aliphatic carbocycles. The van der Waals surface area contributed by atoms with Crippen molar-refractivity contribution < 1.29 is 18.9 Å². The van der Waals surface area contributed by atoms with Gasteiger partial charge in [0.25, 0.3) is 0 Å². The molecule has 2 saturated carbocycles. The molecule has 0 spiro atoms. The second kappa shape index (κ2) is 8.53. The van der Waals surface area contributed by atoms with Gasteiger partial charge in [-0.2, -0.15) is 0 Å². The van der Waals surface area contributed by atoms with Crippen LogP contribution in [0.1, 0.15) is 78.1 Å². The molecule has 0 aromatic rings. The van der Waals surface area contributed by atoms with E-state index in [1.807, 2.05) is 0 Å². The topological polar surface area (TPSA) is 36.9 Å². The van der Waals surface area contributed by atoms with E-state index in [0.29, 0.717) is 10.8 Å². The normalized spacial score (nSPS) is 36.2. The van der Waals surface area contributed by atoms with Crippen LogP contribution >= 0.6 is 0 Å². The molecule has 0 radical (unpaired) electrons. The molecule has 0 amide bonds. The predicted octanol–water partition coefficient (Wildman–Crippen LogP) is 4.99. The zero-order chi connectivity index (χ0) is 19.6. The number of fused-ring (bicyclic) bond motifs is 1. The fourth-order valence-electron chi connectivity index (χ4n) is 6.25. The summed E-state index contributed by atoms with van der Waals surface area (Å²) in [5, 5.41) is 0. The first-order valence-electron chi connectivity index (χ1n) is 11.9. The van der Waals surface area contributed by atoms with Gasteiger partial charge in [0.2, 0.25) is 0 Å². The molecular formula is C24H42O4. The standard InChI is InChI=1S/C24H42O4/c1-3-21(13-25-14-21)17-27-19-23-9-5-7-11-24(23,12-8-6-10-23)20-28-18-22(4-2)15-26-16-22/h3-20H2,1-2H3. The zero-order valence-corrected chi connectivity index (χ0v) is 18.4. The van der Waals surface area contributed by atoms with E-state index in [2.05, 4.69) is 13.8 Å². The summed E-state index contributed by atoms with van der Waals surface area (Å²) in [5.41, 5.74) is 1.24. The van der Waals surface area contributed by atoms with Gasteiger partial charge in [-0.1, -0.05) is 39.5 Å². The molecular weight excluding hydrogens is 352 g/mol. The van der Waals surface area contributed by atoms with Crippen LogP contribution in [0.5, 0.6) is 0 Å². The van der Waals surface area contributed by atoms with E-state index >= 15 is 0 Å². The van der Waals surface area contributed by atoms with Gasteiger partial charge < -0.3 is 18.9 Å². The summed E-state index contributed by atoms with van der Waals surface area (Å²) in [4.78, 5) is 0. The largest absolute Gasteiger partial charge is 0.380 e. The van der Waals surface area contributed by atoms with Crippen molar-refractivity contribution in [3.63, 3.8) is 0 Å². The molecule has 28 heavy (non-hydrogen) atoms. The van der Waals surface area contributed by atoms with E-state index in [1.54, 1.807) is 0 Å². The van der Waals surface area contributed by atoms with E-state index in [-0.39, 0.29) is 10.8 Å². The maximum Gasteiger partial charge on any atom is 0.0566 e. The molecule has 0 bridgehead atoms. The minimum absolute atomic E-state index is 0.289. The second-order valence-electron chi connectivity index (χ2n) is 10.7. The summed E-state index contributed by atoms with van der Waals surface area (Å²) < 4.78 is 24.0. The Morgan fingerprint density at radius 2 is 0.929 bits per heavy atom. The fraction of sp³-hybridized carbons (Fsp3) is 1.00. The van der Waals surface area contributed by atoms with Gasteiger partial charge in [-0.05, 0) is 38.5 Å². The Balaban J connectivity index is 1.39. The lowest BCUT2D eigenvalue weighted by Crippen LogP contribution is -2.54. The summed E-state index contributed by atoms with van der Waals surface area (Å²) in [6, 6.07) is 0. The van der Waals surface area contributed by atoms with E-state index in [1.165, 1.54) is 51.4 Å². The second-order valence-corrected chi connectivity index (χ2v) is 10.7. The molecule has 0 aromatic carbocycles. The maximum atomic E-state index is 6.50. The number of ether oxygens (including phenoxy) is 4. The van der Waals surface area contributed by atoms with Gasteiger partial charge in [0.15, 0.2) is 0 Å². The third-order valence-corrected chi connectivity index (χ3v) is 8.95. The van der Waals surface area contributed by atoms with Crippen molar-refractivity contribution in [1.82, 2.24) is 0 Å². The van der Waals surface area contributed by atoms with E-state index < -0.39 is 0 Å². The van der Waals surface area contributed by atoms with E-state index in [9.17, 15) is 0 Å². The van der Waals surface area contributed by atoms with Crippen LogP contribution in [-0.2, 0) is 18.9 Å². The smallest absolute Gasteiger partial charge is 0.0566 e. The Morgan fingerprint density at radius 1 is 0.571 bits per heavy atom. The summed E-state index contributed by atoms with van der Waals surface area (Å²) in [5.74, 6) is 0. The molecule has 0 atom stereocenters. The third kappa shape index (κ3) is 3.79. The average Bonchev–Trinajstić information content (AvgIpc) is 2.66. The molecule has 2 heterocycles. The minimum atomic E-state index is 0.289. The van der Waals surface area contributed by atoms with Crippen molar-refractivity contribution in [2.45, 2.75) is 78.1 Å². The first-order valence-corrected chi connectivity index (χ1v) is 11.9. The van der Waals surface area contributed by atoms with Gasteiger partial charge in [-0.3, -0.25) is 0 Å². The van der Waals surface area contributed by atoms with Crippen LogP contribution in [0.2, 0.25) is 0 Å². The highest BCUT2D eigenvalue weighted by molar-refractivity contribution is 5.03. The van der Waals surface area contributed by atoms with Crippen molar-refractivity contribution in [3.05, 3.63) is 0 Å². The molecule has 0 unspecified atom stereocenters. The van der Waals surface area contributed by atoms with Crippen LogP contribution in [0.25, 0.3) is 0 Å². The Kier molecular flexibility index (Phi) is 6.42. The van der Waals surface area contributed by atoms with Crippen LogP contribution < -0.4 is 0 Å². The van der Waals surface area contributed by atoms with Crippen molar-refractivity contribution in [1.29, 1.82) is 0 Å². The molecule has 4 aliphatic rings. The van der Waals surface area contributed by atoms with Gasteiger partial charge in [0.1, 0.15) is 0 Å². The SMILES string of the molecule is CCC1(COCC23CCCCC2(COCC2(CC)COC2)CCCC3)COC1. The Labute approximate surface area is 172 Å². The number of hydrogen-bond donors (Lipinski definition) is 0. The molecule has 4 nitrogen and oxygen atoms in total. The molecule has 4 heteroatoms. The summed E-state index contributed by atoms with van der Waals surface area (Å²) in [7, 11) is 0. The van der Waals surface area contributed by atoms with Crippen molar-refractivity contribution in [3.8, 4) is 0 Å². The first-order chi connectivity index (χ1) is 13.6. The molecule has 2 aliphatic heterocycles. The monoisotopic (exact) mass is 394 g/mol. The fourth-order valence-corrected chi connectivity index (χ4v) is 6.25. The predicted molar refractivity (Wildman–Crippen MR) is 111 cm³/mol. The number of hydrogen-bond acceptors (Lipinski definition) is 4. The van der Waals surface area contributed by atoms with Crippen LogP contribution in [0.15, 0.2) is 0 Å². The van der Waals surface area contributed by atoms with Crippen LogP contribution in [0.4, 0.5) is 0 Å². The first kappa shape index (κ1) is 21.1. The summed E-state index contributed by atoms with van der Waals surface area (Å²) in [6.45, 7) is 11.7. The van der Waals surface area contributed by atoms with Gasteiger partial charge in [0, 0.05) is 21.7 Å². The molecule has 2 saturated heterocycles. The van der Waals surface area contributed by atoms with Crippen LogP contribution in [0, 0.1) is 21.7 Å². The minimum Gasteiger partial charge on any atom is -0.380 e. The van der Waals surface area contributed by atoms with Gasteiger partial charge in [-0.25, -0.2) is 0 Å². The Bertz CT molecular complexity index is 440. The van der Waals surface area contributed by atoms with Crippen molar-refractivity contribution >= 4 is 0 Å². The molecule has 4 rings (SSSR count). The lowest BCUT2D eigenvalue weighted by molar-refractivity contribution is -0.196. The van der Waals surface area contributed by atoms with Gasteiger partial charge >= 0.3 is 0 Å². The highest BCUT2D eigenvalue weighted by atomic mass is 16.5. The molecule has 162 valence electrons. The average molecular weight is 395 g/mol. The zero-order valence-electron chi connectivity index (χ0n) is 18.4. The summed E-state index contributed by atoms with van der Waals surface area (Å²) >= 11 is 0. The summed E-state index contributed by atoms with van der Waals surface area (Å²) in [6.07, 6.45) is 13.1. The van der Waals surface area contributed by atoms with Crippen LogP contribution in [-0.4, -0.2) is 52.9 Å². The third-order valence-electron chi connectivity index (χ3n) is 8.95. The van der Waals surface area contributed by atoms with Gasteiger partial charge in [0.05, 0.1) is 52.9 Å². The maximum absolute atomic E-state index is 6.50. The highest BCUT2D eigenvalue weighted by Gasteiger charge is 2.54. The Hall–Kier alpha value is -0.160. The number of rotatable bonds is 10. The van der Waals surface area contributed by atoms with Crippen LogP contribution in [0.3, 0.4) is 0 Å². The van der Waals surface area contributed by atoms with E-state index in [4.69, 9.17) is 18.9 Å². The highest BCUT2D eigenvalue weighted by Crippen LogP contribution is 2.59. The molecule has 0 aromatic heterocycles. The lowest BCUT2D eigenvalue weighted by Gasteiger charge is -2.57. The quantitative estimate of drug-likeness (QED) is 0.523. The van der Waals surface area contributed by atoms with E-state index in [0.717, 1.165) is 65.7 Å². The van der Waals surface area contributed by atoms with Crippen molar-refractivity contribution in [2.24, 2.45) is 21.7 Å². The Morgan fingerprint density at radius 3 is 1.18 bits per heavy atom.